The zero-order valence-electron chi connectivity index (χ0n) is 11.1. The Hall–Kier alpha value is -1.21. The summed E-state index contributed by atoms with van der Waals surface area (Å²) >= 11 is 3.29. The molecule has 104 valence electrons. The summed E-state index contributed by atoms with van der Waals surface area (Å²) in [6.45, 7) is 7.29. The number of halogens is 1. The molecule has 1 fully saturated rings. The van der Waals surface area contributed by atoms with E-state index in [1.807, 2.05) is 25.7 Å². The van der Waals surface area contributed by atoms with E-state index in [2.05, 4.69) is 20.9 Å². The summed E-state index contributed by atoms with van der Waals surface area (Å²) in [6, 6.07) is 1.72. The zero-order valence-corrected chi connectivity index (χ0v) is 12.7. The fourth-order valence-electron chi connectivity index (χ4n) is 2.00. The molecule has 0 spiro atoms. The molecule has 0 saturated carbocycles. The van der Waals surface area contributed by atoms with Crippen molar-refractivity contribution in [1.29, 1.82) is 0 Å². The standard InChI is InChI=1S/C12H16BrN3O3/c1-12(2,3)19-9-6-15(7-9)10-4-8(13)5-14-11(10)16(17)18/h4-5,9H,6-7H2,1-3H3. The van der Waals surface area contributed by atoms with Crippen LogP contribution in [0.3, 0.4) is 0 Å². The van der Waals surface area contributed by atoms with Gasteiger partial charge in [0, 0.05) is 13.1 Å². The number of rotatable bonds is 3. The summed E-state index contributed by atoms with van der Waals surface area (Å²) in [4.78, 5) is 16.3. The molecule has 0 aromatic carbocycles. The lowest BCUT2D eigenvalue weighted by atomic mass is 10.1. The Balaban J connectivity index is 2.09. The second-order valence-corrected chi connectivity index (χ2v) is 6.43. The minimum atomic E-state index is -0.459. The highest BCUT2D eigenvalue weighted by Crippen LogP contribution is 2.33. The Morgan fingerprint density at radius 3 is 2.68 bits per heavy atom. The van der Waals surface area contributed by atoms with E-state index in [1.165, 1.54) is 6.20 Å². The maximum absolute atomic E-state index is 11.0. The van der Waals surface area contributed by atoms with Crippen LogP contribution in [-0.2, 0) is 4.74 Å². The number of nitrogens with zero attached hydrogens (tertiary/aromatic N) is 3. The summed E-state index contributed by atoms with van der Waals surface area (Å²) in [5.74, 6) is -0.114. The van der Waals surface area contributed by atoms with E-state index in [9.17, 15) is 10.1 Å². The zero-order chi connectivity index (χ0) is 14.2. The number of pyridine rings is 1. The Labute approximate surface area is 120 Å². The van der Waals surface area contributed by atoms with Crippen LogP contribution in [0.5, 0.6) is 0 Å². The smallest absolute Gasteiger partial charge is 0.369 e. The van der Waals surface area contributed by atoms with Crippen LogP contribution < -0.4 is 4.90 Å². The number of ether oxygens (including phenoxy) is 1. The third-order valence-corrected chi connectivity index (χ3v) is 3.13. The first kappa shape index (κ1) is 14.2. The van der Waals surface area contributed by atoms with Crippen LogP contribution in [0.15, 0.2) is 16.7 Å². The maximum atomic E-state index is 11.0. The molecule has 0 N–H and O–H groups in total. The van der Waals surface area contributed by atoms with Crippen LogP contribution in [-0.4, -0.2) is 34.7 Å². The van der Waals surface area contributed by atoms with Gasteiger partial charge in [-0.1, -0.05) is 0 Å². The van der Waals surface area contributed by atoms with Crippen LogP contribution >= 0.6 is 15.9 Å². The molecule has 0 aliphatic carbocycles. The van der Waals surface area contributed by atoms with Crippen molar-refractivity contribution in [3.8, 4) is 0 Å². The van der Waals surface area contributed by atoms with Gasteiger partial charge in [-0.15, -0.1) is 0 Å². The lowest BCUT2D eigenvalue weighted by Crippen LogP contribution is -2.54. The predicted octanol–water partition coefficient (Wildman–Crippen LogP) is 2.76. The van der Waals surface area contributed by atoms with Gasteiger partial charge in [-0.2, -0.15) is 0 Å². The molecule has 1 saturated heterocycles. The largest absolute Gasteiger partial charge is 0.387 e. The number of nitro groups is 1. The van der Waals surface area contributed by atoms with E-state index in [0.29, 0.717) is 18.8 Å². The summed E-state index contributed by atoms with van der Waals surface area (Å²) in [5.41, 5.74) is 0.339. The van der Waals surface area contributed by atoms with Crippen molar-refractivity contribution >= 4 is 27.4 Å². The van der Waals surface area contributed by atoms with Crippen molar-refractivity contribution in [2.45, 2.75) is 32.5 Å². The highest BCUT2D eigenvalue weighted by atomic mass is 79.9. The van der Waals surface area contributed by atoms with E-state index in [4.69, 9.17) is 4.74 Å². The van der Waals surface area contributed by atoms with Gasteiger partial charge in [0.05, 0.1) is 16.2 Å². The van der Waals surface area contributed by atoms with Crippen LogP contribution in [0.1, 0.15) is 20.8 Å². The summed E-state index contributed by atoms with van der Waals surface area (Å²) in [7, 11) is 0. The van der Waals surface area contributed by atoms with Crippen LogP contribution in [0.25, 0.3) is 0 Å². The van der Waals surface area contributed by atoms with Crippen molar-refractivity contribution in [2.75, 3.05) is 18.0 Å². The average molecular weight is 330 g/mol. The second kappa shape index (κ2) is 5.05. The normalized spacial score (nSPS) is 16.3. The topological polar surface area (TPSA) is 68.5 Å². The Bertz CT molecular complexity index is 495. The highest BCUT2D eigenvalue weighted by molar-refractivity contribution is 9.10. The molecule has 19 heavy (non-hydrogen) atoms. The summed E-state index contributed by atoms with van der Waals surface area (Å²) in [5, 5.41) is 11.0. The van der Waals surface area contributed by atoms with Gasteiger partial charge in [-0.25, -0.2) is 0 Å². The quantitative estimate of drug-likeness (QED) is 0.630. The molecule has 1 aliphatic rings. The molecule has 2 heterocycles. The number of hydrogen-bond donors (Lipinski definition) is 0. The molecular formula is C12H16BrN3O3. The molecule has 0 atom stereocenters. The van der Waals surface area contributed by atoms with Gasteiger partial charge in [0.2, 0.25) is 0 Å². The van der Waals surface area contributed by atoms with Crippen LogP contribution in [0.2, 0.25) is 0 Å². The predicted molar refractivity (Wildman–Crippen MR) is 75.4 cm³/mol. The Morgan fingerprint density at radius 2 is 2.16 bits per heavy atom. The molecule has 1 aliphatic heterocycles. The van der Waals surface area contributed by atoms with Crippen molar-refractivity contribution in [3.05, 3.63) is 26.9 Å². The van der Waals surface area contributed by atoms with Crippen LogP contribution in [0, 0.1) is 10.1 Å². The highest BCUT2D eigenvalue weighted by Gasteiger charge is 2.35. The lowest BCUT2D eigenvalue weighted by molar-refractivity contribution is -0.388. The molecule has 6 nitrogen and oxygen atoms in total. The first-order chi connectivity index (χ1) is 8.76. The minimum absolute atomic E-state index is 0.110. The third-order valence-electron chi connectivity index (χ3n) is 2.70. The van der Waals surface area contributed by atoms with Crippen molar-refractivity contribution in [1.82, 2.24) is 4.98 Å². The lowest BCUT2D eigenvalue weighted by Gasteiger charge is -2.42. The van der Waals surface area contributed by atoms with Gasteiger partial charge < -0.3 is 19.8 Å². The van der Waals surface area contributed by atoms with E-state index in [0.717, 1.165) is 4.47 Å². The molecule has 0 unspecified atom stereocenters. The molecule has 1 aromatic heterocycles. The average Bonchev–Trinajstić information content (AvgIpc) is 2.20. The SMILES string of the molecule is CC(C)(C)OC1CN(c2cc(Br)cnc2[N+](=O)[O-])C1. The maximum Gasteiger partial charge on any atom is 0.387 e. The summed E-state index contributed by atoms with van der Waals surface area (Å²) < 4.78 is 6.54. The molecule has 7 heteroatoms. The van der Waals surface area contributed by atoms with Crippen molar-refractivity contribution in [3.63, 3.8) is 0 Å². The molecule has 0 amide bonds. The Morgan fingerprint density at radius 1 is 1.53 bits per heavy atom. The number of hydrogen-bond acceptors (Lipinski definition) is 5. The first-order valence-corrected chi connectivity index (χ1v) is 6.78. The van der Waals surface area contributed by atoms with E-state index in [1.54, 1.807) is 6.07 Å². The van der Waals surface area contributed by atoms with Crippen LogP contribution in [0.4, 0.5) is 11.5 Å². The van der Waals surface area contributed by atoms with E-state index in [-0.39, 0.29) is 17.5 Å². The molecular weight excluding hydrogens is 314 g/mol. The summed E-state index contributed by atoms with van der Waals surface area (Å²) in [6.07, 6.45) is 1.54. The van der Waals surface area contributed by atoms with E-state index >= 15 is 0 Å². The first-order valence-electron chi connectivity index (χ1n) is 5.99. The molecule has 0 radical (unpaired) electrons. The van der Waals surface area contributed by atoms with Crippen molar-refractivity contribution in [2.24, 2.45) is 0 Å². The fourth-order valence-corrected chi connectivity index (χ4v) is 2.32. The number of anilines is 1. The monoisotopic (exact) mass is 329 g/mol. The molecule has 2 rings (SSSR count). The van der Waals surface area contributed by atoms with Gasteiger partial charge in [-0.05, 0) is 52.7 Å². The second-order valence-electron chi connectivity index (χ2n) is 5.51. The van der Waals surface area contributed by atoms with Gasteiger partial charge in [0.15, 0.2) is 6.20 Å². The third kappa shape index (κ3) is 3.42. The van der Waals surface area contributed by atoms with E-state index < -0.39 is 4.92 Å². The van der Waals surface area contributed by atoms with Crippen molar-refractivity contribution < 1.29 is 9.66 Å². The number of aromatic nitrogens is 1. The molecule has 0 bridgehead atoms. The molecule has 1 aromatic rings. The Kier molecular flexibility index (Phi) is 3.78. The van der Waals surface area contributed by atoms with Gasteiger partial charge in [0.25, 0.3) is 0 Å². The fraction of sp³-hybridized carbons (Fsp3) is 0.583. The van der Waals surface area contributed by atoms with Gasteiger partial charge in [-0.3, -0.25) is 0 Å². The minimum Gasteiger partial charge on any atom is -0.369 e. The van der Waals surface area contributed by atoms with Gasteiger partial charge in [0.1, 0.15) is 5.69 Å². The van der Waals surface area contributed by atoms with Gasteiger partial charge >= 0.3 is 5.82 Å².